The molecule has 1 unspecified atom stereocenters. The second-order valence-electron chi connectivity index (χ2n) is 5.68. The minimum absolute atomic E-state index is 0.0816. The van der Waals surface area contributed by atoms with Crippen LogP contribution in [0, 0.1) is 0 Å². The molecule has 0 bridgehead atoms. The monoisotopic (exact) mass is 270 g/mol. The fraction of sp³-hybridized carbons (Fsp3) is 0.500. The Morgan fingerprint density at radius 1 is 1.15 bits per heavy atom. The molecule has 1 atom stereocenters. The summed E-state index contributed by atoms with van der Waals surface area (Å²) in [6.45, 7) is 0. The highest BCUT2D eigenvalue weighted by Gasteiger charge is 2.21. The van der Waals surface area contributed by atoms with Gasteiger partial charge in [0, 0.05) is 6.04 Å². The van der Waals surface area contributed by atoms with Gasteiger partial charge in [-0.25, -0.2) is 0 Å². The topological polar surface area (TPSA) is 56.7 Å². The summed E-state index contributed by atoms with van der Waals surface area (Å²) in [5.41, 5.74) is 7.60. The zero-order chi connectivity index (χ0) is 13.8. The van der Waals surface area contributed by atoms with E-state index in [4.69, 9.17) is 5.73 Å². The zero-order valence-electron chi connectivity index (χ0n) is 11.8. The summed E-state index contributed by atoms with van der Waals surface area (Å²) in [5.74, 6) is 0.931. The lowest BCUT2D eigenvalue weighted by molar-refractivity contribution is 0.340. The Morgan fingerprint density at radius 2 is 1.90 bits per heavy atom. The van der Waals surface area contributed by atoms with Gasteiger partial charge < -0.3 is 10.3 Å². The van der Waals surface area contributed by atoms with Crippen molar-refractivity contribution in [3.63, 3.8) is 0 Å². The lowest BCUT2D eigenvalue weighted by Gasteiger charge is -2.25. The molecule has 1 heterocycles. The van der Waals surface area contributed by atoms with Gasteiger partial charge in [-0.15, -0.1) is 10.2 Å². The Bertz CT molecular complexity index is 528. The van der Waals surface area contributed by atoms with E-state index < -0.39 is 0 Å². The molecule has 1 aliphatic rings. The van der Waals surface area contributed by atoms with Crippen molar-refractivity contribution in [3.8, 4) is 0 Å². The van der Waals surface area contributed by atoms with Crippen LogP contribution >= 0.6 is 0 Å². The van der Waals surface area contributed by atoms with Crippen LogP contribution in [0.5, 0.6) is 0 Å². The molecule has 0 amide bonds. The van der Waals surface area contributed by atoms with Crippen molar-refractivity contribution in [3.05, 3.63) is 48.0 Å². The molecule has 1 aromatic heterocycles. The van der Waals surface area contributed by atoms with E-state index in [0.717, 1.165) is 12.2 Å². The van der Waals surface area contributed by atoms with E-state index in [2.05, 4.69) is 26.9 Å². The van der Waals surface area contributed by atoms with Gasteiger partial charge in [0.15, 0.2) is 0 Å². The second kappa shape index (κ2) is 6.18. The highest BCUT2D eigenvalue weighted by Crippen LogP contribution is 2.30. The first-order chi connectivity index (χ1) is 9.84. The summed E-state index contributed by atoms with van der Waals surface area (Å²) in [6, 6.07) is 10.8. The van der Waals surface area contributed by atoms with E-state index in [1.54, 1.807) is 0 Å². The molecule has 2 N–H and O–H groups in total. The first kappa shape index (κ1) is 13.3. The maximum Gasteiger partial charge on any atom is 0.150 e. The van der Waals surface area contributed by atoms with Crippen LogP contribution in [0.2, 0.25) is 0 Å². The standard InChI is InChI=1S/C16H22N4/c17-15(11-13-7-3-1-4-8-13)16-19-18-12-20(16)14-9-5-2-6-10-14/h1,3-4,7-8,12,14-15H,2,5-6,9-11,17H2. The Hall–Kier alpha value is -1.68. The van der Waals surface area contributed by atoms with E-state index >= 15 is 0 Å². The van der Waals surface area contributed by atoms with Crippen molar-refractivity contribution in [1.82, 2.24) is 14.8 Å². The molecular formula is C16H22N4. The molecule has 106 valence electrons. The molecule has 0 aliphatic heterocycles. The van der Waals surface area contributed by atoms with Gasteiger partial charge in [-0.05, 0) is 24.8 Å². The fourth-order valence-electron chi connectivity index (χ4n) is 3.12. The van der Waals surface area contributed by atoms with Gasteiger partial charge in [-0.3, -0.25) is 0 Å². The predicted molar refractivity (Wildman–Crippen MR) is 79.2 cm³/mol. The number of benzene rings is 1. The highest BCUT2D eigenvalue weighted by atomic mass is 15.3. The summed E-state index contributed by atoms with van der Waals surface area (Å²) >= 11 is 0. The Labute approximate surface area is 120 Å². The van der Waals surface area contributed by atoms with Crippen LogP contribution in [0.3, 0.4) is 0 Å². The van der Waals surface area contributed by atoms with Crippen LogP contribution in [0.4, 0.5) is 0 Å². The largest absolute Gasteiger partial charge is 0.321 e. The molecule has 0 spiro atoms. The van der Waals surface area contributed by atoms with Crippen LogP contribution in [-0.4, -0.2) is 14.8 Å². The molecular weight excluding hydrogens is 248 g/mol. The molecule has 20 heavy (non-hydrogen) atoms. The summed E-state index contributed by atoms with van der Waals surface area (Å²) in [4.78, 5) is 0. The summed E-state index contributed by atoms with van der Waals surface area (Å²) in [7, 11) is 0. The van der Waals surface area contributed by atoms with Crippen molar-refractivity contribution in [2.45, 2.75) is 50.6 Å². The summed E-state index contributed by atoms with van der Waals surface area (Å²) in [5, 5.41) is 8.37. The number of rotatable bonds is 4. The summed E-state index contributed by atoms with van der Waals surface area (Å²) < 4.78 is 2.22. The van der Waals surface area contributed by atoms with Crippen molar-refractivity contribution in [2.24, 2.45) is 5.73 Å². The second-order valence-corrected chi connectivity index (χ2v) is 5.68. The van der Waals surface area contributed by atoms with Crippen molar-refractivity contribution in [2.75, 3.05) is 0 Å². The van der Waals surface area contributed by atoms with E-state index in [1.807, 2.05) is 24.5 Å². The lowest BCUT2D eigenvalue weighted by atomic mass is 9.95. The molecule has 0 saturated heterocycles. The SMILES string of the molecule is NC(Cc1ccccc1)c1nncn1C1CCCCC1. The average Bonchev–Trinajstić information content (AvgIpc) is 2.99. The number of hydrogen-bond acceptors (Lipinski definition) is 3. The van der Waals surface area contributed by atoms with Gasteiger partial charge in [0.2, 0.25) is 0 Å². The minimum atomic E-state index is -0.0816. The quantitative estimate of drug-likeness (QED) is 0.929. The molecule has 0 radical (unpaired) electrons. The molecule has 4 heteroatoms. The average molecular weight is 270 g/mol. The fourth-order valence-corrected chi connectivity index (χ4v) is 3.12. The Kier molecular flexibility index (Phi) is 4.11. The summed E-state index contributed by atoms with van der Waals surface area (Å²) in [6.07, 6.45) is 9.07. The van der Waals surface area contributed by atoms with Crippen molar-refractivity contribution < 1.29 is 0 Å². The molecule has 4 nitrogen and oxygen atoms in total. The molecule has 3 rings (SSSR count). The first-order valence-electron chi connectivity index (χ1n) is 7.53. The van der Waals surface area contributed by atoms with Crippen LogP contribution in [0.15, 0.2) is 36.7 Å². The number of hydrogen-bond donors (Lipinski definition) is 1. The Morgan fingerprint density at radius 3 is 2.65 bits per heavy atom. The van der Waals surface area contributed by atoms with E-state index in [1.165, 1.54) is 37.7 Å². The van der Waals surface area contributed by atoms with Crippen molar-refractivity contribution in [1.29, 1.82) is 0 Å². The van der Waals surface area contributed by atoms with Gasteiger partial charge in [0.1, 0.15) is 12.2 Å². The number of aromatic nitrogens is 3. The van der Waals surface area contributed by atoms with Gasteiger partial charge in [-0.1, -0.05) is 49.6 Å². The predicted octanol–water partition coefficient (Wildman–Crippen LogP) is 3.03. The molecule has 1 saturated carbocycles. The lowest BCUT2D eigenvalue weighted by Crippen LogP contribution is -2.22. The third kappa shape index (κ3) is 2.90. The number of nitrogens with zero attached hydrogens (tertiary/aromatic N) is 3. The zero-order valence-corrected chi connectivity index (χ0v) is 11.8. The van der Waals surface area contributed by atoms with Crippen LogP contribution in [-0.2, 0) is 6.42 Å². The minimum Gasteiger partial charge on any atom is -0.321 e. The normalized spacial score (nSPS) is 18.1. The first-order valence-corrected chi connectivity index (χ1v) is 7.53. The number of nitrogens with two attached hydrogens (primary N) is 1. The smallest absolute Gasteiger partial charge is 0.150 e. The molecule has 2 aromatic rings. The van der Waals surface area contributed by atoms with Gasteiger partial charge in [0.05, 0.1) is 6.04 Å². The van der Waals surface area contributed by atoms with Gasteiger partial charge >= 0.3 is 0 Å². The molecule has 1 aliphatic carbocycles. The van der Waals surface area contributed by atoms with Crippen LogP contribution in [0.25, 0.3) is 0 Å². The maximum atomic E-state index is 6.36. The van der Waals surface area contributed by atoms with Crippen LogP contribution < -0.4 is 5.73 Å². The third-order valence-corrected chi connectivity index (χ3v) is 4.20. The van der Waals surface area contributed by atoms with Crippen molar-refractivity contribution >= 4 is 0 Å². The molecule has 1 fully saturated rings. The Balaban J connectivity index is 1.75. The van der Waals surface area contributed by atoms with Crippen LogP contribution in [0.1, 0.15) is 55.6 Å². The maximum absolute atomic E-state index is 6.36. The van der Waals surface area contributed by atoms with E-state index in [-0.39, 0.29) is 6.04 Å². The highest BCUT2D eigenvalue weighted by molar-refractivity contribution is 5.17. The van der Waals surface area contributed by atoms with Gasteiger partial charge in [-0.2, -0.15) is 0 Å². The van der Waals surface area contributed by atoms with E-state index in [9.17, 15) is 0 Å². The third-order valence-electron chi connectivity index (χ3n) is 4.20. The van der Waals surface area contributed by atoms with E-state index in [0.29, 0.717) is 6.04 Å². The van der Waals surface area contributed by atoms with Gasteiger partial charge in [0.25, 0.3) is 0 Å². The molecule has 1 aromatic carbocycles.